The number of halogens is 3. The maximum atomic E-state index is 12.8. The molecule has 1 saturated carbocycles. The monoisotopic (exact) mass is 312 g/mol. The zero-order chi connectivity index (χ0) is 15.9. The van der Waals surface area contributed by atoms with Crippen molar-refractivity contribution in [2.45, 2.75) is 31.5 Å². The molecule has 1 aliphatic heterocycles. The molecule has 3 nitrogen and oxygen atoms in total. The summed E-state index contributed by atoms with van der Waals surface area (Å²) in [5, 5.41) is 3.27. The molecule has 0 radical (unpaired) electrons. The number of amides is 1. The van der Waals surface area contributed by atoms with E-state index >= 15 is 0 Å². The van der Waals surface area contributed by atoms with E-state index in [9.17, 15) is 18.0 Å². The first-order valence-corrected chi connectivity index (χ1v) is 7.55. The molecule has 1 aromatic rings. The molecule has 22 heavy (non-hydrogen) atoms. The highest BCUT2D eigenvalue weighted by Gasteiger charge is 2.46. The highest BCUT2D eigenvalue weighted by Crippen LogP contribution is 2.49. The molecule has 1 aromatic carbocycles. The van der Waals surface area contributed by atoms with Gasteiger partial charge in [0.1, 0.15) is 0 Å². The van der Waals surface area contributed by atoms with Crippen molar-refractivity contribution in [3.63, 3.8) is 0 Å². The van der Waals surface area contributed by atoms with Gasteiger partial charge in [0.2, 0.25) is 5.91 Å². The Bertz CT molecular complexity index is 573. The molecule has 3 rings (SSSR count). The van der Waals surface area contributed by atoms with E-state index in [2.05, 4.69) is 5.32 Å². The Morgan fingerprint density at radius 1 is 1.36 bits per heavy atom. The highest BCUT2D eigenvalue weighted by molar-refractivity contribution is 5.83. The molecule has 2 aliphatic rings. The number of benzene rings is 1. The maximum absolute atomic E-state index is 12.8. The molecule has 1 aliphatic carbocycles. The van der Waals surface area contributed by atoms with Crippen LogP contribution in [0.3, 0.4) is 0 Å². The number of rotatable bonds is 2. The first-order chi connectivity index (χ1) is 10.4. The molecule has 0 spiro atoms. The summed E-state index contributed by atoms with van der Waals surface area (Å²) in [6, 6.07) is 5.63. The van der Waals surface area contributed by atoms with E-state index in [-0.39, 0.29) is 23.8 Å². The maximum Gasteiger partial charge on any atom is 0.416 e. The second-order valence-corrected chi connectivity index (χ2v) is 6.21. The summed E-state index contributed by atoms with van der Waals surface area (Å²) in [6.07, 6.45) is -3.68. The van der Waals surface area contributed by atoms with Crippen molar-refractivity contribution in [2.24, 2.45) is 5.92 Å². The van der Waals surface area contributed by atoms with Crippen molar-refractivity contribution in [3.05, 3.63) is 35.4 Å². The van der Waals surface area contributed by atoms with Crippen molar-refractivity contribution in [3.8, 4) is 0 Å². The lowest BCUT2D eigenvalue weighted by molar-refractivity contribution is -0.137. The van der Waals surface area contributed by atoms with E-state index in [1.165, 1.54) is 12.1 Å². The third-order valence-corrected chi connectivity index (χ3v) is 4.43. The van der Waals surface area contributed by atoms with Gasteiger partial charge in [0.25, 0.3) is 0 Å². The molecular formula is C16H19F3N2O. The van der Waals surface area contributed by atoms with E-state index in [0.29, 0.717) is 25.1 Å². The largest absolute Gasteiger partial charge is 0.416 e. The molecule has 120 valence electrons. The van der Waals surface area contributed by atoms with Crippen molar-refractivity contribution in [2.75, 3.05) is 19.6 Å². The quantitative estimate of drug-likeness (QED) is 0.910. The zero-order valence-corrected chi connectivity index (χ0v) is 12.4. The van der Waals surface area contributed by atoms with Crippen molar-refractivity contribution in [1.82, 2.24) is 10.2 Å². The molecule has 1 saturated heterocycles. The van der Waals surface area contributed by atoms with Crippen LogP contribution in [0.25, 0.3) is 0 Å². The van der Waals surface area contributed by atoms with Crippen molar-refractivity contribution >= 4 is 5.91 Å². The second-order valence-electron chi connectivity index (χ2n) is 6.21. The molecule has 3 atom stereocenters. The Kier molecular flexibility index (Phi) is 3.89. The second kappa shape index (κ2) is 5.57. The highest BCUT2D eigenvalue weighted by atomic mass is 19.4. The Morgan fingerprint density at radius 2 is 2.14 bits per heavy atom. The molecule has 2 fully saturated rings. The summed E-state index contributed by atoms with van der Waals surface area (Å²) >= 11 is 0. The number of alkyl halides is 3. The van der Waals surface area contributed by atoms with Crippen LogP contribution in [0.15, 0.2) is 24.3 Å². The van der Waals surface area contributed by atoms with Crippen LogP contribution in [-0.4, -0.2) is 36.5 Å². The molecule has 0 bridgehead atoms. The Labute approximate surface area is 127 Å². The summed E-state index contributed by atoms with van der Waals surface area (Å²) in [7, 11) is 0. The fourth-order valence-electron chi connectivity index (χ4n) is 3.15. The summed E-state index contributed by atoms with van der Waals surface area (Å²) < 4.78 is 38.3. The van der Waals surface area contributed by atoms with Gasteiger partial charge in [-0.1, -0.05) is 18.2 Å². The smallest absolute Gasteiger partial charge is 0.340 e. The third kappa shape index (κ3) is 3.11. The first-order valence-electron chi connectivity index (χ1n) is 7.55. The Morgan fingerprint density at radius 3 is 2.82 bits per heavy atom. The summed E-state index contributed by atoms with van der Waals surface area (Å²) in [6.45, 7) is 4.14. The van der Waals surface area contributed by atoms with Gasteiger partial charge in [0, 0.05) is 31.6 Å². The van der Waals surface area contributed by atoms with Crippen LogP contribution < -0.4 is 5.32 Å². The Hall–Kier alpha value is -1.56. The number of piperazine rings is 1. The average molecular weight is 312 g/mol. The average Bonchev–Trinajstić information content (AvgIpc) is 3.26. The van der Waals surface area contributed by atoms with Gasteiger partial charge in [0.15, 0.2) is 0 Å². The molecule has 1 amide bonds. The van der Waals surface area contributed by atoms with Gasteiger partial charge in [-0.3, -0.25) is 4.79 Å². The number of hydrogen-bond acceptors (Lipinski definition) is 2. The molecule has 6 heteroatoms. The molecule has 1 N–H and O–H groups in total. The van der Waals surface area contributed by atoms with Crippen LogP contribution in [0.4, 0.5) is 13.2 Å². The summed E-state index contributed by atoms with van der Waals surface area (Å²) in [5.74, 6) is -0.149. The van der Waals surface area contributed by atoms with Crippen molar-refractivity contribution in [1.29, 1.82) is 0 Å². The van der Waals surface area contributed by atoms with E-state index in [4.69, 9.17) is 0 Å². The zero-order valence-electron chi connectivity index (χ0n) is 12.4. The summed E-state index contributed by atoms with van der Waals surface area (Å²) in [4.78, 5) is 14.3. The first kappa shape index (κ1) is 15.3. The topological polar surface area (TPSA) is 32.3 Å². The van der Waals surface area contributed by atoms with Crippen LogP contribution in [0.2, 0.25) is 0 Å². The van der Waals surface area contributed by atoms with Gasteiger partial charge in [-0.05, 0) is 30.9 Å². The number of carbonyl (C=O) groups is 1. The standard InChI is InChI=1S/C16H19F3N2O/c1-10-9-21(6-5-20-10)15(22)14-8-13(14)11-3-2-4-12(7-11)16(17,18)19/h2-4,7,10,13-14,20H,5-6,8-9H2,1H3/t10-,13-,14+/m1/s1. The van der Waals surface area contributed by atoms with Gasteiger partial charge in [-0.15, -0.1) is 0 Å². The lowest BCUT2D eigenvalue weighted by Gasteiger charge is -2.32. The minimum atomic E-state index is -4.33. The van der Waals surface area contributed by atoms with Crippen LogP contribution in [0.1, 0.15) is 30.4 Å². The van der Waals surface area contributed by atoms with Gasteiger partial charge in [-0.2, -0.15) is 13.2 Å². The SMILES string of the molecule is C[C@@H]1CN(C(=O)[C@H]2C[C@@H]2c2cccc(C(F)(F)F)c2)CCN1. The van der Waals surface area contributed by atoms with E-state index < -0.39 is 11.7 Å². The van der Waals surface area contributed by atoms with Gasteiger partial charge in [0.05, 0.1) is 5.56 Å². The minimum Gasteiger partial charge on any atom is -0.340 e. The molecular weight excluding hydrogens is 293 g/mol. The van der Waals surface area contributed by atoms with Crippen molar-refractivity contribution < 1.29 is 18.0 Å². The molecule has 0 aromatic heterocycles. The van der Waals surface area contributed by atoms with Gasteiger partial charge >= 0.3 is 6.18 Å². The lowest BCUT2D eigenvalue weighted by Crippen LogP contribution is -2.51. The summed E-state index contributed by atoms with van der Waals surface area (Å²) in [5.41, 5.74) is -0.0183. The van der Waals surface area contributed by atoms with Crippen LogP contribution >= 0.6 is 0 Å². The van der Waals surface area contributed by atoms with E-state index in [1.807, 2.05) is 11.8 Å². The van der Waals surface area contributed by atoms with Crippen LogP contribution in [0, 0.1) is 5.92 Å². The fraction of sp³-hybridized carbons (Fsp3) is 0.562. The number of carbonyl (C=O) groups excluding carboxylic acids is 1. The predicted octanol–water partition coefficient (Wildman–Crippen LogP) is 2.63. The van der Waals surface area contributed by atoms with E-state index in [1.54, 1.807) is 6.07 Å². The van der Waals surface area contributed by atoms with Gasteiger partial charge < -0.3 is 10.2 Å². The van der Waals surface area contributed by atoms with Crippen LogP contribution in [-0.2, 0) is 11.0 Å². The molecule has 0 unspecified atom stereocenters. The number of nitrogens with zero attached hydrogens (tertiary/aromatic N) is 1. The fourth-order valence-corrected chi connectivity index (χ4v) is 3.15. The lowest BCUT2D eigenvalue weighted by atomic mass is 10.0. The van der Waals surface area contributed by atoms with E-state index in [0.717, 1.165) is 12.6 Å². The normalized spacial score (nSPS) is 28.5. The Balaban J connectivity index is 1.68. The van der Waals surface area contributed by atoms with Crippen LogP contribution in [0.5, 0.6) is 0 Å². The molecule has 1 heterocycles. The predicted molar refractivity (Wildman–Crippen MR) is 76.3 cm³/mol. The minimum absolute atomic E-state index is 0.0695. The number of hydrogen-bond donors (Lipinski definition) is 1. The third-order valence-electron chi connectivity index (χ3n) is 4.43. The number of nitrogens with one attached hydrogen (secondary N) is 1. The van der Waals surface area contributed by atoms with Gasteiger partial charge in [-0.25, -0.2) is 0 Å².